The zero-order valence-corrected chi connectivity index (χ0v) is 6.66. The minimum Gasteiger partial charge on any atom is -0.269 e. The molecule has 54 valence electrons. The van der Waals surface area contributed by atoms with Gasteiger partial charge in [-0.2, -0.15) is 11.8 Å². The first kappa shape index (κ1) is 7.38. The quantitative estimate of drug-likeness (QED) is 0.459. The Labute approximate surface area is 60.8 Å². The third kappa shape index (κ3) is 2.56. The Hall–Kier alpha value is 0.270. The van der Waals surface area contributed by atoms with Crippen LogP contribution in [-0.4, -0.2) is 29.6 Å². The molecule has 1 unspecified atom stereocenters. The van der Waals surface area contributed by atoms with Gasteiger partial charge in [0.25, 0.3) is 0 Å². The van der Waals surface area contributed by atoms with Crippen molar-refractivity contribution < 1.29 is 0 Å². The smallest absolute Gasteiger partial charge is 0.0244 e. The highest BCUT2D eigenvalue weighted by molar-refractivity contribution is 8.00. The van der Waals surface area contributed by atoms with E-state index in [-0.39, 0.29) is 0 Å². The monoisotopic (exact) mass is 146 g/mol. The van der Waals surface area contributed by atoms with Crippen LogP contribution in [0.4, 0.5) is 0 Å². The SMILES string of the molecule is CN(N)CC1CCCS1. The van der Waals surface area contributed by atoms with Crippen molar-refractivity contribution in [3.05, 3.63) is 0 Å². The zero-order valence-electron chi connectivity index (χ0n) is 5.84. The van der Waals surface area contributed by atoms with E-state index in [4.69, 9.17) is 5.84 Å². The average Bonchev–Trinajstić information content (AvgIpc) is 2.15. The molecular weight excluding hydrogens is 132 g/mol. The summed E-state index contributed by atoms with van der Waals surface area (Å²) in [6.45, 7) is 1.05. The first-order valence-corrected chi connectivity index (χ1v) is 4.41. The third-order valence-electron chi connectivity index (χ3n) is 1.52. The van der Waals surface area contributed by atoms with Crippen LogP contribution in [-0.2, 0) is 0 Å². The highest BCUT2D eigenvalue weighted by atomic mass is 32.2. The summed E-state index contributed by atoms with van der Waals surface area (Å²) in [5.41, 5.74) is 0. The van der Waals surface area contributed by atoms with E-state index in [0.717, 1.165) is 11.8 Å². The van der Waals surface area contributed by atoms with Crippen molar-refractivity contribution in [2.75, 3.05) is 19.3 Å². The molecule has 2 N–H and O–H groups in total. The summed E-state index contributed by atoms with van der Waals surface area (Å²) < 4.78 is 0. The fraction of sp³-hybridized carbons (Fsp3) is 1.00. The van der Waals surface area contributed by atoms with Crippen LogP contribution in [0.25, 0.3) is 0 Å². The number of nitrogens with zero attached hydrogens (tertiary/aromatic N) is 1. The number of hydrogen-bond acceptors (Lipinski definition) is 3. The second-order valence-electron chi connectivity index (χ2n) is 2.57. The van der Waals surface area contributed by atoms with E-state index in [1.165, 1.54) is 18.6 Å². The molecule has 1 atom stereocenters. The van der Waals surface area contributed by atoms with Crippen molar-refractivity contribution in [2.45, 2.75) is 18.1 Å². The van der Waals surface area contributed by atoms with Crippen LogP contribution in [0.5, 0.6) is 0 Å². The molecule has 1 rings (SSSR count). The molecule has 0 spiro atoms. The van der Waals surface area contributed by atoms with Crippen molar-refractivity contribution in [3.63, 3.8) is 0 Å². The molecule has 0 aromatic rings. The molecule has 0 radical (unpaired) electrons. The summed E-state index contributed by atoms with van der Waals surface area (Å²) in [5, 5.41) is 2.59. The Kier molecular flexibility index (Phi) is 2.82. The molecule has 1 saturated heterocycles. The van der Waals surface area contributed by atoms with Gasteiger partial charge in [0.05, 0.1) is 0 Å². The van der Waals surface area contributed by atoms with Crippen LogP contribution in [0.1, 0.15) is 12.8 Å². The average molecular weight is 146 g/mol. The molecule has 3 heteroatoms. The molecule has 1 aliphatic heterocycles. The number of hydrogen-bond donors (Lipinski definition) is 1. The molecule has 0 bridgehead atoms. The lowest BCUT2D eigenvalue weighted by Gasteiger charge is -2.13. The van der Waals surface area contributed by atoms with Gasteiger partial charge in [-0.25, -0.2) is 5.01 Å². The Bertz CT molecular complexity index is 79.1. The lowest BCUT2D eigenvalue weighted by atomic mass is 10.2. The van der Waals surface area contributed by atoms with Gasteiger partial charge in [0, 0.05) is 18.8 Å². The first-order valence-electron chi connectivity index (χ1n) is 3.36. The van der Waals surface area contributed by atoms with Gasteiger partial charge in [0.15, 0.2) is 0 Å². The summed E-state index contributed by atoms with van der Waals surface area (Å²) in [6, 6.07) is 0. The molecule has 1 heterocycles. The maximum absolute atomic E-state index is 5.49. The van der Waals surface area contributed by atoms with Crippen LogP contribution in [0.15, 0.2) is 0 Å². The van der Waals surface area contributed by atoms with Gasteiger partial charge in [-0.15, -0.1) is 0 Å². The minimum absolute atomic E-state index is 0.806. The normalized spacial score (nSPS) is 27.7. The molecule has 0 amide bonds. The van der Waals surface area contributed by atoms with Crippen molar-refractivity contribution in [1.29, 1.82) is 0 Å². The summed E-state index contributed by atoms with van der Waals surface area (Å²) in [4.78, 5) is 0. The van der Waals surface area contributed by atoms with E-state index in [2.05, 4.69) is 0 Å². The highest BCUT2D eigenvalue weighted by Crippen LogP contribution is 2.25. The van der Waals surface area contributed by atoms with Crippen LogP contribution in [0, 0.1) is 0 Å². The standard InChI is InChI=1S/C6H14N2S/c1-8(7)5-6-3-2-4-9-6/h6H,2-5,7H2,1H3. The van der Waals surface area contributed by atoms with Crippen LogP contribution < -0.4 is 5.84 Å². The van der Waals surface area contributed by atoms with Gasteiger partial charge < -0.3 is 0 Å². The van der Waals surface area contributed by atoms with Gasteiger partial charge >= 0.3 is 0 Å². The van der Waals surface area contributed by atoms with Gasteiger partial charge in [-0.1, -0.05) is 0 Å². The topological polar surface area (TPSA) is 29.3 Å². The van der Waals surface area contributed by atoms with Crippen LogP contribution in [0.2, 0.25) is 0 Å². The van der Waals surface area contributed by atoms with Gasteiger partial charge in [-0.3, -0.25) is 5.84 Å². The van der Waals surface area contributed by atoms with Gasteiger partial charge in [-0.05, 0) is 18.6 Å². The summed E-state index contributed by atoms with van der Waals surface area (Å²) in [5.74, 6) is 6.82. The van der Waals surface area contributed by atoms with Gasteiger partial charge in [0.1, 0.15) is 0 Å². The number of rotatable bonds is 2. The van der Waals surface area contributed by atoms with Crippen molar-refractivity contribution in [3.8, 4) is 0 Å². The van der Waals surface area contributed by atoms with E-state index in [1.807, 2.05) is 18.8 Å². The zero-order chi connectivity index (χ0) is 6.69. The maximum atomic E-state index is 5.49. The second-order valence-corrected chi connectivity index (χ2v) is 3.98. The van der Waals surface area contributed by atoms with Crippen molar-refractivity contribution >= 4 is 11.8 Å². The fourth-order valence-corrected chi connectivity index (χ4v) is 2.45. The van der Waals surface area contributed by atoms with Crippen LogP contribution in [0.3, 0.4) is 0 Å². The fourth-order valence-electron chi connectivity index (χ4n) is 1.11. The molecule has 2 nitrogen and oxygen atoms in total. The Morgan fingerprint density at radius 1 is 1.78 bits per heavy atom. The van der Waals surface area contributed by atoms with E-state index < -0.39 is 0 Å². The van der Waals surface area contributed by atoms with E-state index in [9.17, 15) is 0 Å². The van der Waals surface area contributed by atoms with E-state index in [1.54, 1.807) is 5.01 Å². The predicted octanol–water partition coefficient (Wildman–Crippen LogP) is 0.688. The molecule has 0 aromatic carbocycles. The van der Waals surface area contributed by atoms with E-state index >= 15 is 0 Å². The molecule has 0 aromatic heterocycles. The number of nitrogens with two attached hydrogens (primary N) is 1. The Morgan fingerprint density at radius 3 is 3.00 bits per heavy atom. The molecule has 0 saturated carbocycles. The summed E-state index contributed by atoms with van der Waals surface area (Å²) >= 11 is 2.05. The lowest BCUT2D eigenvalue weighted by Crippen LogP contribution is -2.32. The molecule has 1 aliphatic rings. The molecular formula is C6H14N2S. The lowest BCUT2D eigenvalue weighted by molar-refractivity contribution is 0.347. The van der Waals surface area contributed by atoms with Gasteiger partial charge in [0.2, 0.25) is 0 Å². The first-order chi connectivity index (χ1) is 4.29. The van der Waals surface area contributed by atoms with E-state index in [0.29, 0.717) is 0 Å². The Morgan fingerprint density at radius 2 is 2.56 bits per heavy atom. The van der Waals surface area contributed by atoms with Crippen LogP contribution >= 0.6 is 11.8 Å². The van der Waals surface area contributed by atoms with Crippen molar-refractivity contribution in [1.82, 2.24) is 5.01 Å². The Balaban J connectivity index is 2.11. The minimum atomic E-state index is 0.806. The number of thioether (sulfide) groups is 1. The molecule has 9 heavy (non-hydrogen) atoms. The largest absolute Gasteiger partial charge is 0.269 e. The van der Waals surface area contributed by atoms with Crippen molar-refractivity contribution in [2.24, 2.45) is 5.84 Å². The molecule has 0 aliphatic carbocycles. The summed E-state index contributed by atoms with van der Waals surface area (Å²) in [7, 11) is 1.93. The molecule has 1 fully saturated rings. The maximum Gasteiger partial charge on any atom is 0.0244 e. The predicted molar refractivity (Wildman–Crippen MR) is 42.3 cm³/mol. The highest BCUT2D eigenvalue weighted by Gasteiger charge is 2.15. The summed E-state index contributed by atoms with van der Waals surface area (Å²) in [6.07, 6.45) is 2.73. The third-order valence-corrected chi connectivity index (χ3v) is 2.90. The second kappa shape index (κ2) is 3.44. The number of hydrazine groups is 1.